The van der Waals surface area contributed by atoms with E-state index in [1.807, 2.05) is 10.8 Å². The lowest BCUT2D eigenvalue weighted by Gasteiger charge is -2.27. The molecule has 3 aromatic carbocycles. The zero-order chi connectivity index (χ0) is 32.9. The van der Waals surface area contributed by atoms with E-state index in [4.69, 9.17) is 12.2 Å². The third kappa shape index (κ3) is 7.01. The van der Waals surface area contributed by atoms with Crippen molar-refractivity contribution in [1.29, 1.82) is 0 Å². The van der Waals surface area contributed by atoms with E-state index in [0.29, 0.717) is 23.4 Å². The zero-order valence-electron chi connectivity index (χ0n) is 25.7. The molecule has 1 fully saturated rings. The van der Waals surface area contributed by atoms with E-state index in [9.17, 15) is 24.3 Å². The van der Waals surface area contributed by atoms with Crippen molar-refractivity contribution in [3.8, 4) is 16.9 Å². The number of benzene rings is 3. The van der Waals surface area contributed by atoms with E-state index in [2.05, 4.69) is 64.5 Å². The molecule has 47 heavy (non-hydrogen) atoms. The minimum Gasteiger partial charge on any atom is -0.505 e. The number of nitrogens with one attached hydrogen (secondary N) is 3. The maximum absolute atomic E-state index is 13.2. The van der Waals surface area contributed by atoms with Gasteiger partial charge in [0.2, 0.25) is 11.8 Å². The quantitative estimate of drug-likeness (QED) is 0.0956. The summed E-state index contributed by atoms with van der Waals surface area (Å²) in [6, 6.07) is 24.3. The van der Waals surface area contributed by atoms with Gasteiger partial charge in [0.05, 0.1) is 11.1 Å². The summed E-state index contributed by atoms with van der Waals surface area (Å²) in [7, 11) is 0. The van der Waals surface area contributed by atoms with Crippen LogP contribution in [0.15, 0.2) is 85.1 Å². The molecule has 0 bridgehead atoms. The maximum atomic E-state index is 13.2. The van der Waals surface area contributed by atoms with Gasteiger partial charge in [-0.25, -0.2) is 0 Å². The number of nitrogens with zero attached hydrogens (tertiary/aromatic N) is 2. The highest BCUT2D eigenvalue weighted by molar-refractivity contribution is 7.71. The van der Waals surface area contributed by atoms with E-state index in [-0.39, 0.29) is 29.7 Å². The Hall–Kier alpha value is -5.13. The molecule has 1 saturated heterocycles. The number of unbranched alkanes of at least 4 members (excludes halogenated alkanes) is 1. The highest BCUT2D eigenvalue weighted by Gasteiger charge is 2.45. The summed E-state index contributed by atoms with van der Waals surface area (Å²) in [5.41, 5.74) is 5.65. The molecule has 4 aromatic rings. The van der Waals surface area contributed by atoms with E-state index >= 15 is 0 Å². The third-order valence-corrected chi connectivity index (χ3v) is 8.93. The van der Waals surface area contributed by atoms with Gasteiger partial charge >= 0.3 is 0 Å². The van der Waals surface area contributed by atoms with E-state index in [0.717, 1.165) is 47.5 Å². The van der Waals surface area contributed by atoms with Crippen LogP contribution in [0.3, 0.4) is 0 Å². The first-order valence-corrected chi connectivity index (χ1v) is 16.1. The zero-order valence-corrected chi connectivity index (χ0v) is 26.5. The van der Waals surface area contributed by atoms with Crippen LogP contribution >= 0.6 is 12.2 Å². The van der Waals surface area contributed by atoms with Crippen LogP contribution in [0, 0.1) is 4.64 Å². The van der Waals surface area contributed by atoms with Gasteiger partial charge in [-0.15, -0.1) is 0 Å². The summed E-state index contributed by atoms with van der Waals surface area (Å²) in [4.78, 5) is 51.1. The summed E-state index contributed by atoms with van der Waals surface area (Å²) in [5.74, 6) is -1.93. The van der Waals surface area contributed by atoms with Crippen LogP contribution in [0.25, 0.3) is 11.1 Å². The predicted molar refractivity (Wildman–Crippen MR) is 180 cm³/mol. The van der Waals surface area contributed by atoms with E-state index < -0.39 is 29.7 Å². The van der Waals surface area contributed by atoms with Gasteiger partial charge in [0.25, 0.3) is 11.8 Å². The molecule has 4 amide bonds. The predicted octanol–water partition coefficient (Wildman–Crippen LogP) is 5.02. The van der Waals surface area contributed by atoms with Crippen LogP contribution in [0.4, 0.5) is 5.69 Å². The number of aromatic nitrogens is 1. The van der Waals surface area contributed by atoms with Crippen molar-refractivity contribution in [3.63, 3.8) is 0 Å². The standard InChI is InChI=1S/C36H35N5O5S/c42-30-7-4-20-40(36(30)47)22-24-10-14-26(15-11-24)25-12-8-23(9-13-25)21-37-18-1-2-19-38-28-6-3-5-27-32(28)35(46)41(34(27)45)29-16-17-31(43)39-33(29)44/h3-15,20,29,37-38,42H,1-2,16-19,21-22H2,(H,39,43,44). The number of rotatable bonds is 12. The van der Waals surface area contributed by atoms with Gasteiger partial charge in [-0.2, -0.15) is 0 Å². The Bertz CT molecular complexity index is 1890. The van der Waals surface area contributed by atoms with Gasteiger partial charge in [-0.05, 0) is 72.3 Å². The Morgan fingerprint density at radius 2 is 1.53 bits per heavy atom. The lowest BCUT2D eigenvalue weighted by molar-refractivity contribution is -0.136. The average molecular weight is 650 g/mol. The first kappa shape index (κ1) is 31.8. The molecule has 0 saturated carbocycles. The number of carbonyl (C=O) groups excluding carboxylic acids is 4. The Morgan fingerprint density at radius 3 is 2.26 bits per heavy atom. The molecule has 0 radical (unpaired) electrons. The molecule has 2 aliphatic rings. The number of imide groups is 2. The number of hydrogen-bond acceptors (Lipinski definition) is 8. The Balaban J connectivity index is 0.936. The lowest BCUT2D eigenvalue weighted by Crippen LogP contribution is -2.54. The third-order valence-electron chi connectivity index (χ3n) is 8.49. The van der Waals surface area contributed by atoms with Crippen LogP contribution in [0.5, 0.6) is 5.75 Å². The molecule has 1 aromatic heterocycles. The number of amides is 4. The summed E-state index contributed by atoms with van der Waals surface area (Å²) >= 11 is 5.30. The molecule has 6 rings (SSSR count). The summed E-state index contributed by atoms with van der Waals surface area (Å²) in [5, 5.41) is 18.9. The van der Waals surface area contributed by atoms with Crippen LogP contribution in [0.1, 0.15) is 57.5 Å². The van der Waals surface area contributed by atoms with Gasteiger partial charge in [0, 0.05) is 37.9 Å². The van der Waals surface area contributed by atoms with Crippen molar-refractivity contribution in [2.75, 3.05) is 18.4 Å². The molecular formula is C36H35N5O5S. The Labute approximate surface area is 277 Å². The molecule has 3 heterocycles. The Morgan fingerprint density at radius 1 is 0.830 bits per heavy atom. The second-order valence-electron chi connectivity index (χ2n) is 11.7. The summed E-state index contributed by atoms with van der Waals surface area (Å²) < 4.78 is 2.27. The smallest absolute Gasteiger partial charge is 0.264 e. The van der Waals surface area contributed by atoms with Gasteiger partial charge in [0.1, 0.15) is 16.4 Å². The fraction of sp³-hybridized carbons (Fsp3) is 0.250. The van der Waals surface area contributed by atoms with Crippen molar-refractivity contribution < 1.29 is 24.3 Å². The number of hydrogen-bond donors (Lipinski definition) is 4. The Kier molecular flexibility index (Phi) is 9.55. The second kappa shape index (κ2) is 14.1. The molecule has 10 nitrogen and oxygen atoms in total. The van der Waals surface area contributed by atoms with Crippen molar-refractivity contribution in [1.82, 2.24) is 20.1 Å². The van der Waals surface area contributed by atoms with Crippen molar-refractivity contribution in [2.24, 2.45) is 0 Å². The molecular weight excluding hydrogens is 614 g/mol. The fourth-order valence-corrected chi connectivity index (χ4v) is 6.15. The molecule has 1 unspecified atom stereocenters. The van der Waals surface area contributed by atoms with E-state index in [1.165, 1.54) is 5.56 Å². The number of anilines is 1. The maximum Gasteiger partial charge on any atom is 0.264 e. The molecule has 0 aliphatic carbocycles. The first-order chi connectivity index (χ1) is 22.8. The number of aromatic hydroxyl groups is 1. The van der Waals surface area contributed by atoms with Crippen LogP contribution < -0.4 is 16.0 Å². The molecule has 240 valence electrons. The summed E-state index contributed by atoms with van der Waals surface area (Å²) in [6.45, 7) is 2.78. The van der Waals surface area contributed by atoms with Gasteiger partial charge in [-0.1, -0.05) is 66.8 Å². The molecule has 4 N–H and O–H groups in total. The molecule has 0 spiro atoms. The normalized spacial score (nSPS) is 15.9. The molecule has 11 heteroatoms. The lowest BCUT2D eigenvalue weighted by atomic mass is 10.0. The fourth-order valence-electron chi connectivity index (χ4n) is 5.96. The summed E-state index contributed by atoms with van der Waals surface area (Å²) in [6.07, 6.45) is 3.84. The average Bonchev–Trinajstić information content (AvgIpc) is 3.33. The van der Waals surface area contributed by atoms with E-state index in [1.54, 1.807) is 30.3 Å². The molecule has 2 aliphatic heterocycles. The SMILES string of the molecule is O=C1CCC(N2C(=O)c3cccc(NCCCCNCc4ccc(-c5ccc(Cn6cccc(O)c6=S)cc5)cc4)c3C2=O)C(=O)N1. The first-order valence-electron chi connectivity index (χ1n) is 15.7. The van der Waals surface area contributed by atoms with Crippen LogP contribution in [-0.2, 0) is 22.7 Å². The van der Waals surface area contributed by atoms with Crippen molar-refractivity contribution in [3.05, 3.63) is 112 Å². The number of pyridine rings is 1. The minimum absolute atomic E-state index is 0.0869. The van der Waals surface area contributed by atoms with Crippen LogP contribution in [0.2, 0.25) is 0 Å². The van der Waals surface area contributed by atoms with Crippen molar-refractivity contribution >= 4 is 41.5 Å². The largest absolute Gasteiger partial charge is 0.505 e. The van der Waals surface area contributed by atoms with Crippen molar-refractivity contribution in [2.45, 2.75) is 44.8 Å². The second-order valence-corrected chi connectivity index (χ2v) is 12.1. The number of carbonyl (C=O) groups is 4. The highest BCUT2D eigenvalue weighted by Crippen LogP contribution is 2.32. The van der Waals surface area contributed by atoms with Crippen LogP contribution in [-0.4, -0.2) is 57.3 Å². The molecule has 1 atom stereocenters. The number of fused-ring (bicyclic) bond motifs is 1. The van der Waals surface area contributed by atoms with Gasteiger partial charge < -0.3 is 20.3 Å². The topological polar surface area (TPSA) is 133 Å². The van der Waals surface area contributed by atoms with Gasteiger partial charge in [0.15, 0.2) is 0 Å². The van der Waals surface area contributed by atoms with Gasteiger partial charge in [-0.3, -0.25) is 29.4 Å². The highest BCUT2D eigenvalue weighted by atomic mass is 32.1. The monoisotopic (exact) mass is 649 g/mol. The minimum atomic E-state index is -0.981. The number of piperidine rings is 1.